The summed E-state index contributed by atoms with van der Waals surface area (Å²) >= 11 is 0.934. The van der Waals surface area contributed by atoms with Crippen molar-refractivity contribution in [3.63, 3.8) is 0 Å². The fraction of sp³-hybridized carbons (Fsp3) is 0.545. The number of thiophene rings is 1. The summed E-state index contributed by atoms with van der Waals surface area (Å²) in [5.41, 5.74) is 0. The van der Waals surface area contributed by atoms with Crippen molar-refractivity contribution in [3.8, 4) is 0 Å². The van der Waals surface area contributed by atoms with Crippen LogP contribution in [0.25, 0.3) is 0 Å². The van der Waals surface area contributed by atoms with E-state index in [0.717, 1.165) is 11.3 Å². The first-order chi connectivity index (χ1) is 8.47. The topological polar surface area (TPSA) is 75.5 Å². The van der Waals surface area contributed by atoms with Gasteiger partial charge in [-0.3, -0.25) is 14.9 Å². The first kappa shape index (κ1) is 15.9. The van der Waals surface area contributed by atoms with Crippen molar-refractivity contribution in [2.75, 3.05) is 13.1 Å². The molecule has 106 valence electrons. The van der Waals surface area contributed by atoms with E-state index in [1.807, 2.05) is 13.8 Å². The first-order valence-electron chi connectivity index (χ1n) is 5.77. The highest BCUT2D eigenvalue weighted by atomic mass is 35.5. The van der Waals surface area contributed by atoms with Crippen LogP contribution in [0.15, 0.2) is 12.1 Å². The van der Waals surface area contributed by atoms with Gasteiger partial charge < -0.3 is 10.2 Å². The maximum Gasteiger partial charge on any atom is 0.324 e. The highest BCUT2D eigenvalue weighted by Gasteiger charge is 2.27. The van der Waals surface area contributed by atoms with Gasteiger partial charge >= 0.3 is 5.00 Å². The third kappa shape index (κ3) is 3.65. The molecule has 1 aromatic rings. The number of hydrogen-bond donors (Lipinski definition) is 1. The Kier molecular flexibility index (Phi) is 5.28. The Morgan fingerprint density at radius 2 is 2.00 bits per heavy atom. The number of nitrogens with zero attached hydrogens (tertiary/aromatic N) is 2. The molecule has 1 aromatic heterocycles. The third-order valence-electron chi connectivity index (χ3n) is 2.83. The van der Waals surface area contributed by atoms with E-state index < -0.39 is 4.92 Å². The summed E-state index contributed by atoms with van der Waals surface area (Å²) in [7, 11) is 0. The Morgan fingerprint density at radius 3 is 2.47 bits per heavy atom. The van der Waals surface area contributed by atoms with Crippen molar-refractivity contribution in [3.05, 3.63) is 27.1 Å². The molecule has 0 radical (unpaired) electrons. The van der Waals surface area contributed by atoms with Gasteiger partial charge in [-0.15, -0.1) is 12.4 Å². The largest absolute Gasteiger partial charge is 0.335 e. The number of rotatable bonds is 2. The lowest BCUT2D eigenvalue weighted by molar-refractivity contribution is -0.380. The van der Waals surface area contributed by atoms with Gasteiger partial charge in [0.2, 0.25) is 0 Å². The van der Waals surface area contributed by atoms with Gasteiger partial charge in [0, 0.05) is 31.2 Å². The minimum Gasteiger partial charge on any atom is -0.335 e. The molecule has 19 heavy (non-hydrogen) atoms. The number of nitro groups is 1. The summed E-state index contributed by atoms with van der Waals surface area (Å²) in [6, 6.07) is 3.40. The van der Waals surface area contributed by atoms with Crippen LogP contribution in [-0.4, -0.2) is 40.9 Å². The van der Waals surface area contributed by atoms with E-state index in [0.29, 0.717) is 18.0 Å². The fourth-order valence-electron chi connectivity index (χ4n) is 2.19. The second-order valence-corrected chi connectivity index (χ2v) is 5.64. The number of nitrogens with one attached hydrogen (secondary N) is 1. The van der Waals surface area contributed by atoms with Gasteiger partial charge in [-0.1, -0.05) is 11.3 Å². The Labute approximate surface area is 121 Å². The molecule has 0 aliphatic carbocycles. The van der Waals surface area contributed by atoms with E-state index in [1.165, 1.54) is 12.1 Å². The zero-order valence-corrected chi connectivity index (χ0v) is 12.3. The molecule has 1 saturated heterocycles. The Hall–Kier alpha value is -1.18. The minimum atomic E-state index is -0.468. The standard InChI is InChI=1S/C11H15N3O3S.ClH/c1-7-5-13(6-8(2)12-7)11(15)9-3-4-10(18-9)14(16)17;/h3-4,7-8,12H,5-6H2,1-2H3;1H. The van der Waals surface area contributed by atoms with Gasteiger partial charge in [0.15, 0.2) is 0 Å². The third-order valence-corrected chi connectivity index (χ3v) is 3.85. The number of hydrogen-bond acceptors (Lipinski definition) is 5. The normalized spacial score (nSPS) is 22.7. The molecule has 0 spiro atoms. The molecule has 1 aliphatic heterocycles. The summed E-state index contributed by atoms with van der Waals surface area (Å²) in [5.74, 6) is -0.117. The smallest absolute Gasteiger partial charge is 0.324 e. The van der Waals surface area contributed by atoms with Crippen molar-refractivity contribution in [1.29, 1.82) is 0 Å². The molecule has 0 bridgehead atoms. The number of halogens is 1. The number of carbonyl (C=O) groups excluding carboxylic acids is 1. The van der Waals surface area contributed by atoms with Crippen LogP contribution in [0, 0.1) is 10.1 Å². The van der Waals surface area contributed by atoms with Gasteiger partial charge in [0.25, 0.3) is 5.91 Å². The molecular weight excluding hydrogens is 290 g/mol. The molecule has 2 rings (SSSR count). The molecule has 1 N–H and O–H groups in total. The van der Waals surface area contributed by atoms with Gasteiger partial charge in [0.05, 0.1) is 9.80 Å². The van der Waals surface area contributed by atoms with Crippen LogP contribution in [0.1, 0.15) is 23.5 Å². The zero-order chi connectivity index (χ0) is 13.3. The second-order valence-electron chi connectivity index (χ2n) is 4.57. The van der Waals surface area contributed by atoms with Gasteiger partial charge in [-0.05, 0) is 19.9 Å². The quantitative estimate of drug-likeness (QED) is 0.669. The van der Waals surface area contributed by atoms with Crippen LogP contribution >= 0.6 is 23.7 Å². The Bertz CT molecular complexity index is 470. The van der Waals surface area contributed by atoms with Crippen LogP contribution in [0.4, 0.5) is 5.00 Å². The molecule has 1 aliphatic rings. The van der Waals surface area contributed by atoms with E-state index in [2.05, 4.69) is 5.32 Å². The summed E-state index contributed by atoms with van der Waals surface area (Å²) in [6.07, 6.45) is 0. The lowest BCUT2D eigenvalue weighted by Crippen LogP contribution is -2.55. The van der Waals surface area contributed by atoms with Crippen molar-refractivity contribution < 1.29 is 9.72 Å². The lowest BCUT2D eigenvalue weighted by atomic mass is 10.1. The van der Waals surface area contributed by atoms with Crippen LogP contribution in [0.2, 0.25) is 0 Å². The van der Waals surface area contributed by atoms with E-state index in [-0.39, 0.29) is 35.4 Å². The molecular formula is C11H16ClN3O3S. The molecule has 1 fully saturated rings. The predicted molar refractivity (Wildman–Crippen MR) is 76.2 cm³/mol. The van der Waals surface area contributed by atoms with Gasteiger partial charge in [0.1, 0.15) is 0 Å². The fourth-order valence-corrected chi connectivity index (χ4v) is 2.98. The van der Waals surface area contributed by atoms with Crippen LogP contribution in [0.3, 0.4) is 0 Å². The van der Waals surface area contributed by atoms with E-state index >= 15 is 0 Å². The van der Waals surface area contributed by atoms with E-state index in [4.69, 9.17) is 0 Å². The van der Waals surface area contributed by atoms with E-state index in [1.54, 1.807) is 4.90 Å². The summed E-state index contributed by atoms with van der Waals surface area (Å²) < 4.78 is 0. The predicted octanol–water partition coefficient (Wildman–Crippen LogP) is 1.90. The maximum atomic E-state index is 12.2. The number of piperazine rings is 1. The van der Waals surface area contributed by atoms with E-state index in [9.17, 15) is 14.9 Å². The molecule has 1 amide bonds. The van der Waals surface area contributed by atoms with Crippen molar-refractivity contribution >= 4 is 34.7 Å². The van der Waals surface area contributed by atoms with Crippen molar-refractivity contribution in [2.45, 2.75) is 25.9 Å². The minimum absolute atomic E-state index is 0. The van der Waals surface area contributed by atoms with Gasteiger partial charge in [-0.2, -0.15) is 0 Å². The van der Waals surface area contributed by atoms with Crippen molar-refractivity contribution in [2.24, 2.45) is 0 Å². The average Bonchev–Trinajstić information content (AvgIpc) is 2.75. The van der Waals surface area contributed by atoms with Crippen LogP contribution in [0.5, 0.6) is 0 Å². The highest BCUT2D eigenvalue weighted by Crippen LogP contribution is 2.25. The average molecular weight is 306 g/mol. The highest BCUT2D eigenvalue weighted by molar-refractivity contribution is 7.17. The SMILES string of the molecule is CC1CN(C(=O)c2ccc([N+](=O)[O-])s2)CC(C)N1.Cl. The first-order valence-corrected chi connectivity index (χ1v) is 6.58. The molecule has 0 aromatic carbocycles. The Morgan fingerprint density at radius 1 is 1.42 bits per heavy atom. The maximum absolute atomic E-state index is 12.2. The molecule has 8 heteroatoms. The molecule has 2 atom stereocenters. The van der Waals surface area contributed by atoms with Gasteiger partial charge in [-0.25, -0.2) is 0 Å². The Balaban J connectivity index is 0.00000180. The zero-order valence-electron chi connectivity index (χ0n) is 10.7. The van der Waals surface area contributed by atoms with Crippen LogP contribution < -0.4 is 5.32 Å². The monoisotopic (exact) mass is 305 g/mol. The molecule has 0 saturated carbocycles. The summed E-state index contributed by atoms with van der Waals surface area (Å²) in [6.45, 7) is 5.31. The summed E-state index contributed by atoms with van der Waals surface area (Å²) in [4.78, 5) is 24.5. The second kappa shape index (κ2) is 6.31. The molecule has 6 nitrogen and oxygen atoms in total. The summed E-state index contributed by atoms with van der Waals surface area (Å²) in [5, 5.41) is 13.9. The van der Waals surface area contributed by atoms with Crippen LogP contribution in [-0.2, 0) is 0 Å². The lowest BCUT2D eigenvalue weighted by Gasteiger charge is -2.35. The molecule has 2 heterocycles. The number of amides is 1. The molecule has 2 unspecified atom stereocenters. The number of carbonyl (C=O) groups is 1. The van der Waals surface area contributed by atoms with Crippen molar-refractivity contribution in [1.82, 2.24) is 10.2 Å².